The van der Waals surface area contributed by atoms with Gasteiger partial charge in [0.2, 0.25) is 0 Å². The van der Waals surface area contributed by atoms with E-state index in [4.69, 9.17) is 16.3 Å². The maximum Gasteiger partial charge on any atom is 0.158 e. The average Bonchev–Trinajstić information content (AvgIpc) is 2.37. The van der Waals surface area contributed by atoms with Gasteiger partial charge in [-0.05, 0) is 18.8 Å². The van der Waals surface area contributed by atoms with Gasteiger partial charge in [-0.1, -0.05) is 30.9 Å². The molecule has 0 aromatic carbocycles. The number of anilines is 1. The van der Waals surface area contributed by atoms with Crippen LogP contribution in [0.15, 0.2) is 6.07 Å². The lowest BCUT2D eigenvalue weighted by Gasteiger charge is -2.22. The lowest BCUT2D eigenvalue weighted by atomic mass is 9.89. The maximum absolute atomic E-state index is 5.96. The van der Waals surface area contributed by atoms with Crippen molar-refractivity contribution < 1.29 is 4.74 Å². The quantitative estimate of drug-likeness (QED) is 0.834. The van der Waals surface area contributed by atoms with E-state index in [-0.39, 0.29) is 0 Å². The molecule has 4 nitrogen and oxygen atoms in total. The first-order valence-electron chi connectivity index (χ1n) is 6.54. The van der Waals surface area contributed by atoms with E-state index >= 15 is 0 Å². The van der Waals surface area contributed by atoms with Crippen LogP contribution < -0.4 is 5.32 Å². The lowest BCUT2D eigenvalue weighted by Crippen LogP contribution is -2.18. The summed E-state index contributed by atoms with van der Waals surface area (Å²) in [5.74, 6) is 2.18. The molecule has 5 heteroatoms. The molecule has 2 rings (SSSR count). The molecule has 1 aromatic rings. The summed E-state index contributed by atoms with van der Waals surface area (Å²) in [5.41, 5.74) is 0. The minimum absolute atomic E-state index is 0.388. The number of methoxy groups -OCH3 is 1. The molecule has 1 fully saturated rings. The van der Waals surface area contributed by atoms with Crippen LogP contribution in [-0.2, 0) is 11.3 Å². The summed E-state index contributed by atoms with van der Waals surface area (Å²) in [4.78, 5) is 8.48. The number of rotatable bonds is 5. The molecule has 1 N–H and O–H groups in total. The molecule has 0 aliphatic heterocycles. The summed E-state index contributed by atoms with van der Waals surface area (Å²) >= 11 is 5.96. The Bertz CT molecular complexity index is 380. The number of ether oxygens (including phenoxy) is 1. The second kappa shape index (κ2) is 6.90. The molecule has 0 bridgehead atoms. The molecule has 0 saturated heterocycles. The summed E-state index contributed by atoms with van der Waals surface area (Å²) < 4.78 is 5.02. The summed E-state index contributed by atoms with van der Waals surface area (Å²) in [5, 5.41) is 3.82. The molecule has 100 valence electrons. The Morgan fingerprint density at radius 1 is 1.33 bits per heavy atom. The fourth-order valence-electron chi connectivity index (χ4n) is 2.39. The molecule has 0 radical (unpaired) electrons. The van der Waals surface area contributed by atoms with Crippen LogP contribution in [-0.4, -0.2) is 23.6 Å². The van der Waals surface area contributed by atoms with Crippen LogP contribution in [0.4, 0.5) is 5.82 Å². The fraction of sp³-hybridized carbons (Fsp3) is 0.692. The Morgan fingerprint density at radius 2 is 2.11 bits per heavy atom. The van der Waals surface area contributed by atoms with E-state index in [1.165, 1.54) is 32.1 Å². The predicted molar refractivity (Wildman–Crippen MR) is 72.8 cm³/mol. The predicted octanol–water partition coefficient (Wildman–Crippen LogP) is 3.27. The monoisotopic (exact) mass is 269 g/mol. The highest BCUT2D eigenvalue weighted by Crippen LogP contribution is 2.24. The van der Waals surface area contributed by atoms with E-state index in [1.54, 1.807) is 13.2 Å². The van der Waals surface area contributed by atoms with E-state index < -0.39 is 0 Å². The number of aromatic nitrogens is 2. The third kappa shape index (κ3) is 4.10. The largest absolute Gasteiger partial charge is 0.377 e. The van der Waals surface area contributed by atoms with E-state index in [2.05, 4.69) is 15.3 Å². The summed E-state index contributed by atoms with van der Waals surface area (Å²) in [6.07, 6.45) is 6.72. The van der Waals surface area contributed by atoms with Gasteiger partial charge in [0.1, 0.15) is 17.6 Å². The molecule has 0 unspecified atom stereocenters. The Labute approximate surface area is 113 Å². The van der Waals surface area contributed by atoms with Gasteiger partial charge >= 0.3 is 0 Å². The Hall–Kier alpha value is -0.870. The van der Waals surface area contributed by atoms with Crippen LogP contribution in [0.1, 0.15) is 37.9 Å². The van der Waals surface area contributed by atoms with Gasteiger partial charge in [0, 0.05) is 19.7 Å². The third-order valence-corrected chi connectivity index (χ3v) is 3.50. The lowest BCUT2D eigenvalue weighted by molar-refractivity contribution is 0.178. The van der Waals surface area contributed by atoms with Gasteiger partial charge in [-0.25, -0.2) is 9.97 Å². The topological polar surface area (TPSA) is 47.0 Å². The molecule has 0 amide bonds. The van der Waals surface area contributed by atoms with Crippen LogP contribution in [0.2, 0.25) is 5.15 Å². The molecule has 1 heterocycles. The first-order chi connectivity index (χ1) is 8.78. The van der Waals surface area contributed by atoms with Gasteiger partial charge in [0.15, 0.2) is 5.82 Å². The van der Waals surface area contributed by atoms with Crippen LogP contribution in [0, 0.1) is 5.92 Å². The molecular weight excluding hydrogens is 250 g/mol. The number of nitrogens with one attached hydrogen (secondary N) is 1. The second-order valence-corrected chi connectivity index (χ2v) is 5.20. The van der Waals surface area contributed by atoms with Gasteiger partial charge in [-0.3, -0.25) is 0 Å². The highest BCUT2D eigenvalue weighted by atomic mass is 35.5. The van der Waals surface area contributed by atoms with Crippen molar-refractivity contribution in [2.24, 2.45) is 5.92 Å². The standard InChI is InChI=1S/C13H20ClN3O/c1-18-9-13-16-11(14)7-12(17-13)15-8-10-5-3-2-4-6-10/h7,10H,2-6,8-9H2,1H3,(H,15,16,17). The second-order valence-electron chi connectivity index (χ2n) is 4.81. The molecule has 0 atom stereocenters. The average molecular weight is 270 g/mol. The van der Waals surface area contributed by atoms with Crippen LogP contribution in [0.3, 0.4) is 0 Å². The molecule has 1 aliphatic rings. The summed E-state index contributed by atoms with van der Waals surface area (Å²) in [7, 11) is 1.62. The van der Waals surface area contributed by atoms with Crippen molar-refractivity contribution in [2.45, 2.75) is 38.7 Å². The molecule has 0 spiro atoms. The van der Waals surface area contributed by atoms with Gasteiger partial charge in [0.05, 0.1) is 0 Å². The third-order valence-electron chi connectivity index (χ3n) is 3.31. The Morgan fingerprint density at radius 3 is 2.83 bits per heavy atom. The first kappa shape index (κ1) is 13.6. The van der Waals surface area contributed by atoms with E-state index in [1.807, 2.05) is 0 Å². The molecular formula is C13H20ClN3O. The van der Waals surface area contributed by atoms with E-state index in [9.17, 15) is 0 Å². The zero-order valence-corrected chi connectivity index (χ0v) is 11.5. The summed E-state index contributed by atoms with van der Waals surface area (Å²) in [6, 6.07) is 1.77. The Kier molecular flexibility index (Phi) is 5.20. The van der Waals surface area contributed by atoms with Crippen molar-refractivity contribution in [3.63, 3.8) is 0 Å². The molecule has 1 aliphatic carbocycles. The maximum atomic E-state index is 5.96. The van der Waals surface area contributed by atoms with Crippen LogP contribution >= 0.6 is 11.6 Å². The van der Waals surface area contributed by atoms with E-state index in [0.29, 0.717) is 17.6 Å². The van der Waals surface area contributed by atoms with Gasteiger partial charge in [-0.2, -0.15) is 0 Å². The minimum atomic E-state index is 0.388. The number of halogens is 1. The smallest absolute Gasteiger partial charge is 0.158 e. The zero-order valence-electron chi connectivity index (χ0n) is 10.8. The van der Waals surface area contributed by atoms with Crippen molar-refractivity contribution in [2.75, 3.05) is 19.0 Å². The van der Waals surface area contributed by atoms with Gasteiger partial charge in [-0.15, -0.1) is 0 Å². The summed E-state index contributed by atoms with van der Waals surface area (Å²) in [6.45, 7) is 1.36. The van der Waals surface area contributed by atoms with Gasteiger partial charge < -0.3 is 10.1 Å². The van der Waals surface area contributed by atoms with Gasteiger partial charge in [0.25, 0.3) is 0 Å². The van der Waals surface area contributed by atoms with Crippen LogP contribution in [0.25, 0.3) is 0 Å². The van der Waals surface area contributed by atoms with E-state index in [0.717, 1.165) is 18.3 Å². The minimum Gasteiger partial charge on any atom is -0.377 e. The van der Waals surface area contributed by atoms with Crippen molar-refractivity contribution >= 4 is 17.4 Å². The number of hydrogen-bond donors (Lipinski definition) is 1. The first-order valence-corrected chi connectivity index (χ1v) is 6.92. The normalized spacial score (nSPS) is 16.8. The SMILES string of the molecule is COCc1nc(Cl)cc(NCC2CCCCC2)n1. The molecule has 18 heavy (non-hydrogen) atoms. The number of nitrogens with zero attached hydrogens (tertiary/aromatic N) is 2. The highest BCUT2D eigenvalue weighted by Gasteiger charge is 2.13. The van der Waals surface area contributed by atoms with Crippen molar-refractivity contribution in [3.05, 3.63) is 17.0 Å². The van der Waals surface area contributed by atoms with Crippen LogP contribution in [0.5, 0.6) is 0 Å². The van der Waals surface area contributed by atoms with Crippen molar-refractivity contribution in [3.8, 4) is 0 Å². The molecule has 1 saturated carbocycles. The highest BCUT2D eigenvalue weighted by molar-refractivity contribution is 6.29. The molecule has 1 aromatic heterocycles. The number of hydrogen-bond acceptors (Lipinski definition) is 4. The zero-order chi connectivity index (χ0) is 12.8. The Balaban J connectivity index is 1.91. The fourth-order valence-corrected chi connectivity index (χ4v) is 2.59. The van der Waals surface area contributed by atoms with Crippen molar-refractivity contribution in [1.82, 2.24) is 9.97 Å². The van der Waals surface area contributed by atoms with Crippen molar-refractivity contribution in [1.29, 1.82) is 0 Å².